The van der Waals surface area contributed by atoms with Gasteiger partial charge in [0.2, 0.25) is 0 Å². The van der Waals surface area contributed by atoms with E-state index in [1.165, 1.54) is 0 Å². The Morgan fingerprint density at radius 3 is 2.50 bits per heavy atom. The van der Waals surface area contributed by atoms with Crippen molar-refractivity contribution in [3.05, 3.63) is 29.3 Å². The minimum atomic E-state index is 0.138. The minimum absolute atomic E-state index is 0.138. The largest absolute Gasteiger partial charge is 0.385 e. The third kappa shape index (κ3) is 4.26. The molecule has 0 spiro atoms. The molecule has 0 bridgehead atoms. The van der Waals surface area contributed by atoms with Crippen molar-refractivity contribution in [2.45, 2.75) is 41.0 Å². The Balaban J connectivity index is 2.87. The van der Waals surface area contributed by atoms with E-state index in [2.05, 4.69) is 26.1 Å². The van der Waals surface area contributed by atoms with Gasteiger partial charge in [-0.05, 0) is 50.5 Å². The summed E-state index contributed by atoms with van der Waals surface area (Å²) in [7, 11) is 0. The van der Waals surface area contributed by atoms with Gasteiger partial charge in [-0.1, -0.05) is 20.3 Å². The van der Waals surface area contributed by atoms with Gasteiger partial charge in [0.25, 0.3) is 5.91 Å². The Labute approximate surface area is 123 Å². The lowest BCUT2D eigenvalue weighted by atomic mass is 10.1. The summed E-state index contributed by atoms with van der Waals surface area (Å²) in [4.78, 5) is 14.5. The van der Waals surface area contributed by atoms with Crippen molar-refractivity contribution in [2.75, 3.05) is 25.0 Å². The summed E-state index contributed by atoms with van der Waals surface area (Å²) in [5.74, 6) is 0.681. The van der Waals surface area contributed by atoms with Gasteiger partial charge in [-0.2, -0.15) is 0 Å². The molecule has 1 amide bonds. The van der Waals surface area contributed by atoms with Crippen LogP contribution in [0.2, 0.25) is 0 Å². The van der Waals surface area contributed by atoms with Gasteiger partial charge < -0.3 is 10.2 Å². The van der Waals surface area contributed by atoms with Gasteiger partial charge in [-0.3, -0.25) is 4.79 Å². The minimum Gasteiger partial charge on any atom is -0.385 e. The standard InChI is InChI=1S/C17H28N2O/c1-6-13(4)12-19(8-3)17(20)15-9-10-16(18-7-2)14(5)11-15/h9-11,13,18H,6-8,12H2,1-5H3. The van der Waals surface area contributed by atoms with E-state index in [9.17, 15) is 4.79 Å². The Morgan fingerprint density at radius 1 is 1.30 bits per heavy atom. The molecule has 3 heteroatoms. The third-order valence-electron chi connectivity index (χ3n) is 3.74. The molecule has 1 unspecified atom stereocenters. The number of anilines is 1. The number of hydrogen-bond acceptors (Lipinski definition) is 2. The number of nitrogens with zero attached hydrogens (tertiary/aromatic N) is 1. The van der Waals surface area contributed by atoms with Crippen molar-refractivity contribution < 1.29 is 4.79 Å². The van der Waals surface area contributed by atoms with E-state index in [-0.39, 0.29) is 5.91 Å². The number of nitrogens with one attached hydrogen (secondary N) is 1. The summed E-state index contributed by atoms with van der Waals surface area (Å²) in [6, 6.07) is 5.91. The Morgan fingerprint density at radius 2 is 2.00 bits per heavy atom. The number of hydrogen-bond donors (Lipinski definition) is 1. The second-order valence-corrected chi connectivity index (χ2v) is 5.42. The lowest BCUT2D eigenvalue weighted by Gasteiger charge is -2.24. The Kier molecular flexibility index (Phi) is 6.56. The molecule has 20 heavy (non-hydrogen) atoms. The normalized spacial score (nSPS) is 12.1. The van der Waals surface area contributed by atoms with Crippen LogP contribution >= 0.6 is 0 Å². The average molecular weight is 276 g/mol. The number of carbonyl (C=O) groups is 1. The van der Waals surface area contributed by atoms with E-state index < -0.39 is 0 Å². The molecule has 0 fully saturated rings. The highest BCUT2D eigenvalue weighted by Gasteiger charge is 2.16. The Hall–Kier alpha value is -1.51. The second kappa shape index (κ2) is 7.93. The summed E-state index contributed by atoms with van der Waals surface area (Å²) >= 11 is 0. The van der Waals surface area contributed by atoms with Crippen LogP contribution in [0.15, 0.2) is 18.2 Å². The number of rotatable bonds is 7. The van der Waals surface area contributed by atoms with Crippen molar-refractivity contribution in [1.82, 2.24) is 4.90 Å². The molecule has 3 nitrogen and oxygen atoms in total. The number of carbonyl (C=O) groups excluding carboxylic acids is 1. The summed E-state index contributed by atoms with van der Waals surface area (Å²) in [5, 5.41) is 3.30. The summed E-state index contributed by atoms with van der Waals surface area (Å²) in [5.41, 5.74) is 3.01. The quantitative estimate of drug-likeness (QED) is 0.818. The first kappa shape index (κ1) is 16.5. The molecule has 1 atom stereocenters. The van der Waals surface area contributed by atoms with Gasteiger partial charge in [0.1, 0.15) is 0 Å². The fourth-order valence-electron chi connectivity index (χ4n) is 2.23. The van der Waals surface area contributed by atoms with Crippen molar-refractivity contribution in [3.63, 3.8) is 0 Å². The predicted molar refractivity (Wildman–Crippen MR) is 86.4 cm³/mol. The zero-order valence-electron chi connectivity index (χ0n) is 13.5. The fraction of sp³-hybridized carbons (Fsp3) is 0.588. The van der Waals surface area contributed by atoms with Crippen molar-refractivity contribution in [3.8, 4) is 0 Å². The van der Waals surface area contributed by atoms with Crippen LogP contribution in [0.5, 0.6) is 0 Å². The van der Waals surface area contributed by atoms with E-state index in [0.29, 0.717) is 5.92 Å². The van der Waals surface area contributed by atoms with Crippen LogP contribution in [0, 0.1) is 12.8 Å². The Bertz CT molecular complexity index is 443. The average Bonchev–Trinajstić information content (AvgIpc) is 2.46. The molecule has 0 aliphatic carbocycles. The zero-order valence-corrected chi connectivity index (χ0v) is 13.5. The van der Waals surface area contributed by atoms with Crippen LogP contribution in [-0.4, -0.2) is 30.4 Å². The van der Waals surface area contributed by atoms with Crippen molar-refractivity contribution >= 4 is 11.6 Å². The topological polar surface area (TPSA) is 32.3 Å². The van der Waals surface area contributed by atoms with Gasteiger partial charge in [0, 0.05) is 30.9 Å². The first-order valence-corrected chi connectivity index (χ1v) is 7.67. The molecule has 0 heterocycles. The van der Waals surface area contributed by atoms with Gasteiger partial charge in [-0.15, -0.1) is 0 Å². The highest BCUT2D eigenvalue weighted by Crippen LogP contribution is 2.18. The number of aryl methyl sites for hydroxylation is 1. The highest BCUT2D eigenvalue weighted by atomic mass is 16.2. The van der Waals surface area contributed by atoms with E-state index >= 15 is 0 Å². The molecule has 0 saturated heterocycles. The molecule has 1 aromatic carbocycles. The van der Waals surface area contributed by atoms with E-state index in [0.717, 1.165) is 42.9 Å². The van der Waals surface area contributed by atoms with E-state index in [1.54, 1.807) is 0 Å². The zero-order chi connectivity index (χ0) is 15.1. The van der Waals surface area contributed by atoms with Crippen LogP contribution in [0.1, 0.15) is 50.0 Å². The van der Waals surface area contributed by atoms with Crippen molar-refractivity contribution in [1.29, 1.82) is 0 Å². The van der Waals surface area contributed by atoms with Gasteiger partial charge >= 0.3 is 0 Å². The molecule has 1 aromatic rings. The number of benzene rings is 1. The van der Waals surface area contributed by atoms with Gasteiger partial charge in [0.15, 0.2) is 0 Å². The molecule has 1 N–H and O–H groups in total. The highest BCUT2D eigenvalue weighted by molar-refractivity contribution is 5.95. The summed E-state index contributed by atoms with van der Waals surface area (Å²) < 4.78 is 0. The van der Waals surface area contributed by atoms with Crippen LogP contribution in [0.3, 0.4) is 0 Å². The van der Waals surface area contributed by atoms with Crippen LogP contribution in [0.25, 0.3) is 0 Å². The van der Waals surface area contributed by atoms with Crippen LogP contribution < -0.4 is 5.32 Å². The molecule has 112 valence electrons. The summed E-state index contributed by atoms with van der Waals surface area (Å²) in [6.45, 7) is 13.0. The predicted octanol–water partition coefficient (Wildman–Crippen LogP) is 3.94. The fourth-order valence-corrected chi connectivity index (χ4v) is 2.23. The molecule has 0 aliphatic rings. The van der Waals surface area contributed by atoms with E-state index in [4.69, 9.17) is 0 Å². The monoisotopic (exact) mass is 276 g/mol. The second-order valence-electron chi connectivity index (χ2n) is 5.42. The van der Waals surface area contributed by atoms with Crippen LogP contribution in [-0.2, 0) is 0 Å². The van der Waals surface area contributed by atoms with E-state index in [1.807, 2.05) is 36.9 Å². The number of amides is 1. The summed E-state index contributed by atoms with van der Waals surface area (Å²) in [6.07, 6.45) is 1.10. The molecule has 0 radical (unpaired) electrons. The van der Waals surface area contributed by atoms with Crippen molar-refractivity contribution in [2.24, 2.45) is 5.92 Å². The van der Waals surface area contributed by atoms with Gasteiger partial charge in [0.05, 0.1) is 0 Å². The maximum Gasteiger partial charge on any atom is 0.253 e. The maximum absolute atomic E-state index is 12.6. The smallest absolute Gasteiger partial charge is 0.253 e. The molecule has 0 saturated carbocycles. The molecule has 0 aliphatic heterocycles. The molecular formula is C17H28N2O. The molecule has 1 rings (SSSR count). The van der Waals surface area contributed by atoms with Gasteiger partial charge in [-0.25, -0.2) is 0 Å². The molecule has 0 aromatic heterocycles. The van der Waals surface area contributed by atoms with Crippen LogP contribution in [0.4, 0.5) is 5.69 Å². The maximum atomic E-state index is 12.6. The third-order valence-corrected chi connectivity index (χ3v) is 3.74. The lowest BCUT2D eigenvalue weighted by Crippen LogP contribution is -2.34. The SMILES string of the molecule is CCNc1ccc(C(=O)N(CC)CC(C)CC)cc1C. The molecular weight excluding hydrogens is 248 g/mol. The lowest BCUT2D eigenvalue weighted by molar-refractivity contribution is 0.0741. The first-order valence-electron chi connectivity index (χ1n) is 7.67. The first-order chi connectivity index (χ1) is 9.53.